The third kappa shape index (κ3) is 5.80. The van der Waals surface area contributed by atoms with Gasteiger partial charge in [0, 0.05) is 7.11 Å². The van der Waals surface area contributed by atoms with Crippen molar-refractivity contribution >= 4 is 0 Å². The standard InChI is InChI=1S/C7H15O2/c1-6(8)4-5-7(2)9-3/h6-7H,4-5H2,1-3H3. The quantitative estimate of drug-likeness (QED) is 0.570. The van der Waals surface area contributed by atoms with E-state index in [2.05, 4.69) is 0 Å². The summed E-state index contributed by atoms with van der Waals surface area (Å²) in [5.74, 6) is 0. The zero-order valence-corrected chi connectivity index (χ0v) is 6.39. The van der Waals surface area contributed by atoms with E-state index in [9.17, 15) is 5.11 Å². The lowest BCUT2D eigenvalue weighted by Crippen LogP contribution is -2.08. The monoisotopic (exact) mass is 131 g/mol. The highest BCUT2D eigenvalue weighted by Gasteiger charge is 2.02. The molecule has 2 atom stereocenters. The number of methoxy groups -OCH3 is 1. The Labute approximate surface area is 56.8 Å². The molecule has 9 heavy (non-hydrogen) atoms. The highest BCUT2D eigenvalue weighted by molar-refractivity contribution is 4.52. The Morgan fingerprint density at radius 1 is 1.33 bits per heavy atom. The van der Waals surface area contributed by atoms with E-state index in [1.807, 2.05) is 6.92 Å². The lowest BCUT2D eigenvalue weighted by molar-refractivity contribution is 0.0613. The van der Waals surface area contributed by atoms with E-state index < -0.39 is 6.10 Å². The molecule has 0 aliphatic heterocycles. The van der Waals surface area contributed by atoms with Crippen LogP contribution in [0.2, 0.25) is 0 Å². The van der Waals surface area contributed by atoms with E-state index in [-0.39, 0.29) is 6.10 Å². The van der Waals surface area contributed by atoms with Crippen LogP contribution >= 0.6 is 0 Å². The molecular formula is C7H15O2. The van der Waals surface area contributed by atoms with Crippen LogP contribution < -0.4 is 0 Å². The summed E-state index contributed by atoms with van der Waals surface area (Å²) in [5.41, 5.74) is 0. The second-order valence-corrected chi connectivity index (χ2v) is 2.43. The molecule has 0 spiro atoms. The highest BCUT2D eigenvalue weighted by atomic mass is 16.5. The third-order valence-electron chi connectivity index (χ3n) is 1.38. The first kappa shape index (κ1) is 8.92. The van der Waals surface area contributed by atoms with Crippen LogP contribution in [-0.2, 0) is 9.84 Å². The summed E-state index contributed by atoms with van der Waals surface area (Å²) in [5, 5.41) is 10.5. The number of rotatable bonds is 4. The molecule has 1 radical (unpaired) electrons. The summed E-state index contributed by atoms with van der Waals surface area (Å²) in [7, 11) is 1.67. The molecule has 2 nitrogen and oxygen atoms in total. The Bertz CT molecular complexity index is 61.9. The average molecular weight is 131 g/mol. The fourth-order valence-corrected chi connectivity index (χ4v) is 0.587. The van der Waals surface area contributed by atoms with Crippen LogP contribution in [0, 0.1) is 0 Å². The summed E-state index contributed by atoms with van der Waals surface area (Å²) in [6.07, 6.45) is 1.39. The Morgan fingerprint density at radius 3 is 2.22 bits per heavy atom. The Kier molecular flexibility index (Phi) is 4.72. The summed E-state index contributed by atoms with van der Waals surface area (Å²) in [6, 6.07) is 0. The fourth-order valence-electron chi connectivity index (χ4n) is 0.587. The largest absolute Gasteiger partial charge is 0.382 e. The molecule has 55 valence electrons. The first-order valence-corrected chi connectivity index (χ1v) is 3.35. The van der Waals surface area contributed by atoms with Gasteiger partial charge in [-0.3, -0.25) is 0 Å². The molecular weight excluding hydrogens is 116 g/mol. The van der Waals surface area contributed by atoms with Crippen LogP contribution in [0.4, 0.5) is 0 Å². The summed E-state index contributed by atoms with van der Waals surface area (Å²) in [6.45, 7) is 3.66. The maximum atomic E-state index is 10.5. The van der Waals surface area contributed by atoms with Crippen molar-refractivity contribution in [3.8, 4) is 0 Å². The van der Waals surface area contributed by atoms with Crippen LogP contribution in [0.1, 0.15) is 26.7 Å². The van der Waals surface area contributed by atoms with Crippen molar-refractivity contribution in [3.63, 3.8) is 0 Å². The zero-order valence-electron chi connectivity index (χ0n) is 6.39. The van der Waals surface area contributed by atoms with Gasteiger partial charge in [-0.25, -0.2) is 5.11 Å². The second-order valence-electron chi connectivity index (χ2n) is 2.43. The van der Waals surface area contributed by atoms with Crippen LogP contribution in [0.15, 0.2) is 0 Å². The van der Waals surface area contributed by atoms with Crippen LogP contribution in [-0.4, -0.2) is 19.3 Å². The smallest absolute Gasteiger partial charge is 0.0903 e. The highest BCUT2D eigenvalue weighted by Crippen LogP contribution is 2.02. The zero-order chi connectivity index (χ0) is 7.28. The molecule has 0 amide bonds. The molecule has 2 unspecified atom stereocenters. The van der Waals surface area contributed by atoms with E-state index in [0.29, 0.717) is 0 Å². The van der Waals surface area contributed by atoms with Crippen molar-refractivity contribution in [3.05, 3.63) is 0 Å². The SMILES string of the molecule is COC(C)CCC(C)[O]. The van der Waals surface area contributed by atoms with Crippen molar-refractivity contribution in [1.29, 1.82) is 0 Å². The van der Waals surface area contributed by atoms with Gasteiger partial charge in [-0.1, -0.05) is 0 Å². The molecule has 0 aliphatic rings. The Hall–Kier alpha value is -0.0800. The van der Waals surface area contributed by atoms with Crippen molar-refractivity contribution < 1.29 is 9.84 Å². The van der Waals surface area contributed by atoms with Crippen LogP contribution in [0.25, 0.3) is 0 Å². The normalized spacial score (nSPS) is 17.3. The third-order valence-corrected chi connectivity index (χ3v) is 1.38. The van der Waals surface area contributed by atoms with Gasteiger partial charge in [0.15, 0.2) is 0 Å². The molecule has 0 aromatic rings. The molecule has 0 aromatic heterocycles. The molecule has 0 fully saturated rings. The number of ether oxygens (including phenoxy) is 1. The fraction of sp³-hybridized carbons (Fsp3) is 1.00. The van der Waals surface area contributed by atoms with Crippen LogP contribution in [0.5, 0.6) is 0 Å². The average Bonchev–Trinajstić information content (AvgIpc) is 1.83. The van der Waals surface area contributed by atoms with Crippen molar-refractivity contribution in [2.45, 2.75) is 38.9 Å². The summed E-state index contributed by atoms with van der Waals surface area (Å²) >= 11 is 0. The van der Waals surface area contributed by atoms with Gasteiger partial charge in [0.05, 0.1) is 12.2 Å². The Morgan fingerprint density at radius 2 is 1.89 bits per heavy atom. The van der Waals surface area contributed by atoms with Gasteiger partial charge in [-0.2, -0.15) is 0 Å². The molecule has 0 rings (SSSR count). The van der Waals surface area contributed by atoms with E-state index in [0.717, 1.165) is 12.8 Å². The van der Waals surface area contributed by atoms with Crippen molar-refractivity contribution in [2.24, 2.45) is 0 Å². The molecule has 0 bridgehead atoms. The van der Waals surface area contributed by atoms with E-state index in [1.54, 1.807) is 14.0 Å². The number of hydrogen-bond donors (Lipinski definition) is 0. The molecule has 0 N–H and O–H groups in total. The number of hydrogen-bond acceptors (Lipinski definition) is 1. The maximum absolute atomic E-state index is 10.5. The van der Waals surface area contributed by atoms with Gasteiger partial charge in [0.2, 0.25) is 0 Å². The molecule has 2 heteroatoms. The summed E-state index contributed by atoms with van der Waals surface area (Å²) in [4.78, 5) is 0. The van der Waals surface area contributed by atoms with E-state index >= 15 is 0 Å². The van der Waals surface area contributed by atoms with Gasteiger partial charge in [-0.15, -0.1) is 0 Å². The molecule has 0 saturated carbocycles. The van der Waals surface area contributed by atoms with Crippen molar-refractivity contribution in [1.82, 2.24) is 0 Å². The molecule has 0 heterocycles. The minimum absolute atomic E-state index is 0.237. The molecule has 0 aliphatic carbocycles. The van der Waals surface area contributed by atoms with Gasteiger partial charge in [-0.05, 0) is 26.7 Å². The van der Waals surface area contributed by atoms with Gasteiger partial charge >= 0.3 is 0 Å². The predicted molar refractivity (Wildman–Crippen MR) is 35.9 cm³/mol. The summed E-state index contributed by atoms with van der Waals surface area (Å²) < 4.78 is 4.96. The first-order valence-electron chi connectivity index (χ1n) is 3.35. The van der Waals surface area contributed by atoms with Crippen molar-refractivity contribution in [2.75, 3.05) is 7.11 Å². The van der Waals surface area contributed by atoms with Gasteiger partial charge < -0.3 is 4.74 Å². The second kappa shape index (κ2) is 4.77. The van der Waals surface area contributed by atoms with Gasteiger partial charge in [0.25, 0.3) is 0 Å². The van der Waals surface area contributed by atoms with Gasteiger partial charge in [0.1, 0.15) is 0 Å². The van der Waals surface area contributed by atoms with E-state index in [1.165, 1.54) is 0 Å². The molecule has 0 aromatic carbocycles. The Balaban J connectivity index is 3.06. The van der Waals surface area contributed by atoms with E-state index in [4.69, 9.17) is 4.74 Å². The minimum Gasteiger partial charge on any atom is -0.382 e. The molecule has 0 saturated heterocycles. The predicted octanol–water partition coefficient (Wildman–Crippen LogP) is 1.62. The maximum Gasteiger partial charge on any atom is 0.0903 e. The minimum atomic E-state index is -0.442. The topological polar surface area (TPSA) is 29.1 Å². The lowest BCUT2D eigenvalue weighted by Gasteiger charge is -2.08. The lowest BCUT2D eigenvalue weighted by atomic mass is 10.1. The van der Waals surface area contributed by atoms with Crippen LogP contribution in [0.3, 0.4) is 0 Å². The first-order chi connectivity index (χ1) is 4.16.